The molecule has 1 rings (SSSR count). The predicted molar refractivity (Wildman–Crippen MR) is 46.5 cm³/mol. The average molecular weight is 231 g/mol. The Morgan fingerprint density at radius 1 is 1.67 bits per heavy atom. The van der Waals surface area contributed by atoms with E-state index in [1.165, 1.54) is 6.20 Å². The van der Waals surface area contributed by atoms with E-state index in [0.29, 0.717) is 5.56 Å². The largest absolute Gasteiger partial charge is 0.480 e. The molecule has 0 saturated carbocycles. The van der Waals surface area contributed by atoms with Crippen LogP contribution < -0.4 is 5.73 Å². The van der Waals surface area contributed by atoms with Crippen molar-refractivity contribution in [3.8, 4) is 0 Å². The normalized spacial score (nSPS) is 12.5. The number of pyridine rings is 1. The predicted octanol–water partition coefficient (Wildman–Crippen LogP) is 0.928. The number of aromatic nitrogens is 1. The molecule has 0 spiro atoms. The van der Waals surface area contributed by atoms with Crippen molar-refractivity contribution in [3.63, 3.8) is 0 Å². The van der Waals surface area contributed by atoms with Crippen LogP contribution >= 0.6 is 15.9 Å². The van der Waals surface area contributed by atoms with E-state index < -0.39 is 12.0 Å². The maximum absolute atomic E-state index is 10.4. The molecule has 0 aromatic carbocycles. The molecule has 12 heavy (non-hydrogen) atoms. The lowest BCUT2D eigenvalue weighted by molar-refractivity contribution is -0.138. The van der Waals surface area contributed by atoms with Gasteiger partial charge in [-0.15, -0.1) is 0 Å². The minimum atomic E-state index is -1.06. The maximum Gasteiger partial charge on any atom is 0.325 e. The van der Waals surface area contributed by atoms with Crippen molar-refractivity contribution in [1.82, 2.24) is 4.98 Å². The Morgan fingerprint density at radius 2 is 2.33 bits per heavy atom. The van der Waals surface area contributed by atoms with E-state index >= 15 is 0 Å². The molecule has 3 N–H and O–H groups in total. The molecule has 0 fully saturated rings. The standard InChI is InChI=1S/C7H7BrN2O2/c8-5-1-4(2-10-3-5)6(9)7(11)12/h1-3,6H,9H2,(H,11,12)/t6-/m0/s1. The van der Waals surface area contributed by atoms with Crippen LogP contribution in [0.15, 0.2) is 22.9 Å². The number of nitrogens with zero attached hydrogens (tertiary/aromatic N) is 1. The van der Waals surface area contributed by atoms with Gasteiger partial charge in [-0.2, -0.15) is 0 Å². The Bertz CT molecular complexity index is 303. The molecule has 1 aromatic rings. The molecule has 0 saturated heterocycles. The molecule has 0 unspecified atom stereocenters. The molecule has 5 heteroatoms. The first-order chi connectivity index (χ1) is 5.61. The van der Waals surface area contributed by atoms with Crippen molar-refractivity contribution >= 4 is 21.9 Å². The molecular weight excluding hydrogens is 224 g/mol. The smallest absolute Gasteiger partial charge is 0.325 e. The van der Waals surface area contributed by atoms with E-state index in [1.54, 1.807) is 12.3 Å². The minimum Gasteiger partial charge on any atom is -0.480 e. The van der Waals surface area contributed by atoms with Gasteiger partial charge in [-0.05, 0) is 27.6 Å². The summed E-state index contributed by atoms with van der Waals surface area (Å²) in [5.41, 5.74) is 5.83. The van der Waals surface area contributed by atoms with Crippen LogP contribution in [-0.2, 0) is 4.79 Å². The van der Waals surface area contributed by atoms with E-state index in [2.05, 4.69) is 20.9 Å². The zero-order valence-corrected chi connectivity index (χ0v) is 7.65. The van der Waals surface area contributed by atoms with Crippen LogP contribution in [0.25, 0.3) is 0 Å². The van der Waals surface area contributed by atoms with Crippen molar-refractivity contribution in [2.45, 2.75) is 6.04 Å². The molecule has 0 aliphatic heterocycles. The Balaban J connectivity index is 2.95. The zero-order chi connectivity index (χ0) is 9.14. The fourth-order valence-corrected chi connectivity index (χ4v) is 1.12. The summed E-state index contributed by atoms with van der Waals surface area (Å²) in [5, 5.41) is 8.56. The number of rotatable bonds is 2. The van der Waals surface area contributed by atoms with E-state index in [4.69, 9.17) is 10.8 Å². The SMILES string of the molecule is N[C@H](C(=O)O)c1cncc(Br)c1. The Kier molecular flexibility index (Phi) is 2.78. The first-order valence-corrected chi connectivity index (χ1v) is 3.99. The lowest BCUT2D eigenvalue weighted by Crippen LogP contribution is -2.20. The number of carboxylic acids is 1. The highest BCUT2D eigenvalue weighted by Gasteiger charge is 2.14. The second kappa shape index (κ2) is 3.64. The molecule has 0 aliphatic rings. The maximum atomic E-state index is 10.4. The van der Waals surface area contributed by atoms with Crippen LogP contribution in [0.1, 0.15) is 11.6 Å². The lowest BCUT2D eigenvalue weighted by atomic mass is 10.1. The van der Waals surface area contributed by atoms with Gasteiger partial charge in [0.15, 0.2) is 0 Å². The van der Waals surface area contributed by atoms with Gasteiger partial charge in [0.2, 0.25) is 0 Å². The van der Waals surface area contributed by atoms with Crippen molar-refractivity contribution in [3.05, 3.63) is 28.5 Å². The Hall–Kier alpha value is -0.940. The fraction of sp³-hybridized carbons (Fsp3) is 0.143. The molecule has 0 radical (unpaired) electrons. The van der Waals surface area contributed by atoms with Crippen LogP contribution in [0.3, 0.4) is 0 Å². The molecular formula is C7H7BrN2O2. The highest BCUT2D eigenvalue weighted by molar-refractivity contribution is 9.10. The van der Waals surface area contributed by atoms with Gasteiger partial charge in [0.05, 0.1) is 0 Å². The van der Waals surface area contributed by atoms with Gasteiger partial charge in [-0.1, -0.05) is 0 Å². The molecule has 1 atom stereocenters. The lowest BCUT2D eigenvalue weighted by Gasteiger charge is -2.05. The van der Waals surface area contributed by atoms with Crippen LogP contribution in [-0.4, -0.2) is 16.1 Å². The summed E-state index contributed by atoms with van der Waals surface area (Å²) in [6, 6.07) is 0.626. The third kappa shape index (κ3) is 2.02. The third-order valence-corrected chi connectivity index (χ3v) is 1.78. The summed E-state index contributed by atoms with van der Waals surface area (Å²) in [6.07, 6.45) is 3.00. The summed E-state index contributed by atoms with van der Waals surface area (Å²) in [7, 11) is 0. The highest BCUT2D eigenvalue weighted by atomic mass is 79.9. The van der Waals surface area contributed by atoms with Crippen LogP contribution in [0.2, 0.25) is 0 Å². The Morgan fingerprint density at radius 3 is 2.83 bits per heavy atom. The van der Waals surface area contributed by atoms with Gasteiger partial charge in [0.25, 0.3) is 0 Å². The van der Waals surface area contributed by atoms with E-state index in [0.717, 1.165) is 4.47 Å². The van der Waals surface area contributed by atoms with Gasteiger partial charge >= 0.3 is 5.97 Å². The molecule has 1 heterocycles. The number of carboxylic acid groups (broad SMARTS) is 1. The summed E-state index contributed by atoms with van der Waals surface area (Å²) < 4.78 is 0.719. The topological polar surface area (TPSA) is 76.2 Å². The van der Waals surface area contributed by atoms with E-state index in [9.17, 15) is 4.79 Å². The van der Waals surface area contributed by atoms with Crippen molar-refractivity contribution in [2.24, 2.45) is 5.73 Å². The summed E-state index contributed by atoms with van der Waals surface area (Å²) in [5.74, 6) is -1.06. The first-order valence-electron chi connectivity index (χ1n) is 3.20. The van der Waals surface area contributed by atoms with Crippen LogP contribution in [0, 0.1) is 0 Å². The third-order valence-electron chi connectivity index (χ3n) is 1.35. The summed E-state index contributed by atoms with van der Waals surface area (Å²) in [4.78, 5) is 14.2. The quantitative estimate of drug-likeness (QED) is 0.793. The van der Waals surface area contributed by atoms with Crippen molar-refractivity contribution in [2.75, 3.05) is 0 Å². The van der Waals surface area contributed by atoms with Crippen molar-refractivity contribution in [1.29, 1.82) is 0 Å². The van der Waals surface area contributed by atoms with Gasteiger partial charge in [0.1, 0.15) is 6.04 Å². The van der Waals surface area contributed by atoms with Crippen LogP contribution in [0.4, 0.5) is 0 Å². The molecule has 4 nitrogen and oxygen atoms in total. The van der Waals surface area contributed by atoms with Gasteiger partial charge in [-0.3, -0.25) is 9.78 Å². The molecule has 0 aliphatic carbocycles. The van der Waals surface area contributed by atoms with Crippen LogP contribution in [0.5, 0.6) is 0 Å². The molecule has 0 bridgehead atoms. The number of carbonyl (C=O) groups is 1. The average Bonchev–Trinajstić information content (AvgIpc) is 2.03. The number of hydrogen-bond donors (Lipinski definition) is 2. The summed E-state index contributed by atoms with van der Waals surface area (Å²) in [6.45, 7) is 0. The van der Waals surface area contributed by atoms with E-state index in [1.807, 2.05) is 0 Å². The zero-order valence-electron chi connectivity index (χ0n) is 6.07. The molecule has 64 valence electrons. The Labute approximate surface area is 77.5 Å². The number of nitrogens with two attached hydrogens (primary N) is 1. The molecule has 0 amide bonds. The highest BCUT2D eigenvalue weighted by Crippen LogP contribution is 2.14. The monoisotopic (exact) mass is 230 g/mol. The number of hydrogen-bond acceptors (Lipinski definition) is 3. The number of aliphatic carboxylic acids is 1. The fourth-order valence-electron chi connectivity index (χ4n) is 0.741. The van der Waals surface area contributed by atoms with Crippen molar-refractivity contribution < 1.29 is 9.90 Å². The van der Waals surface area contributed by atoms with E-state index in [-0.39, 0.29) is 0 Å². The first kappa shape index (κ1) is 9.15. The second-order valence-electron chi connectivity index (χ2n) is 2.25. The molecule has 1 aromatic heterocycles. The van der Waals surface area contributed by atoms with Gasteiger partial charge in [0, 0.05) is 16.9 Å². The van der Waals surface area contributed by atoms with Gasteiger partial charge in [-0.25, -0.2) is 0 Å². The second-order valence-corrected chi connectivity index (χ2v) is 3.17. The summed E-state index contributed by atoms with van der Waals surface area (Å²) >= 11 is 3.17. The number of halogens is 1. The minimum absolute atomic E-state index is 0.483. The van der Waals surface area contributed by atoms with Gasteiger partial charge < -0.3 is 10.8 Å².